The molecule has 4 nitrogen and oxygen atoms in total. The molecule has 0 saturated heterocycles. The number of hydrogen-bond acceptors (Lipinski definition) is 4. The third kappa shape index (κ3) is 5.02. The van der Waals surface area contributed by atoms with Crippen molar-refractivity contribution < 1.29 is 0 Å². The third-order valence-corrected chi connectivity index (χ3v) is 2.61. The Kier molecular flexibility index (Phi) is 5.19. The molecule has 1 aromatic rings. The van der Waals surface area contributed by atoms with Gasteiger partial charge < -0.3 is 10.2 Å². The van der Waals surface area contributed by atoms with Gasteiger partial charge in [-0.3, -0.25) is 0 Å². The quantitative estimate of drug-likeness (QED) is 0.824. The van der Waals surface area contributed by atoms with Crippen LogP contribution in [0.15, 0.2) is 12.3 Å². The average Bonchev–Trinajstić information content (AvgIpc) is 2.26. The minimum atomic E-state index is 0.447. The number of nitrogens with one attached hydrogen (secondary N) is 1. The fourth-order valence-electron chi connectivity index (χ4n) is 1.55. The van der Waals surface area contributed by atoms with Crippen molar-refractivity contribution in [1.82, 2.24) is 9.97 Å². The van der Waals surface area contributed by atoms with E-state index in [1.54, 1.807) is 6.20 Å². The topological polar surface area (TPSA) is 41.1 Å². The highest BCUT2D eigenvalue weighted by molar-refractivity contribution is 5.40. The molecule has 1 atom stereocenters. The molecular weight excluding hydrogens is 212 g/mol. The fourth-order valence-corrected chi connectivity index (χ4v) is 1.55. The average molecular weight is 236 g/mol. The molecule has 1 rings (SSSR count). The van der Waals surface area contributed by atoms with Crippen LogP contribution in [-0.2, 0) is 0 Å². The molecule has 4 heteroatoms. The van der Waals surface area contributed by atoms with Gasteiger partial charge in [0, 0.05) is 26.3 Å². The van der Waals surface area contributed by atoms with Crippen LogP contribution in [0.2, 0.25) is 0 Å². The molecule has 0 amide bonds. The van der Waals surface area contributed by atoms with Crippen LogP contribution >= 0.6 is 0 Å². The Bertz CT molecular complexity index is 336. The Morgan fingerprint density at radius 3 is 2.53 bits per heavy atom. The molecule has 1 unspecified atom stereocenters. The van der Waals surface area contributed by atoms with Gasteiger partial charge in [-0.1, -0.05) is 13.8 Å². The number of aromatic nitrogens is 2. The van der Waals surface area contributed by atoms with E-state index in [-0.39, 0.29) is 0 Å². The summed E-state index contributed by atoms with van der Waals surface area (Å²) in [5.74, 6) is 2.40. The van der Waals surface area contributed by atoms with Crippen molar-refractivity contribution >= 4 is 11.8 Å². The second-order valence-corrected chi connectivity index (χ2v) is 5.15. The summed E-state index contributed by atoms with van der Waals surface area (Å²) in [5.41, 5.74) is 0. The molecule has 0 aromatic carbocycles. The van der Waals surface area contributed by atoms with Crippen molar-refractivity contribution in [3.05, 3.63) is 12.3 Å². The van der Waals surface area contributed by atoms with E-state index in [1.165, 1.54) is 12.8 Å². The molecule has 96 valence electrons. The standard InChI is InChI=1S/C13H24N4/c1-10(2)6-7-11(3)15-12-8-9-14-13(16-12)17(4)5/h8-11H,6-7H2,1-5H3,(H,14,15,16). The van der Waals surface area contributed by atoms with E-state index in [9.17, 15) is 0 Å². The highest BCUT2D eigenvalue weighted by Gasteiger charge is 2.06. The molecular formula is C13H24N4. The van der Waals surface area contributed by atoms with E-state index in [4.69, 9.17) is 0 Å². The predicted octanol–water partition coefficient (Wildman–Crippen LogP) is 2.78. The first-order valence-corrected chi connectivity index (χ1v) is 6.26. The van der Waals surface area contributed by atoms with Crippen LogP contribution in [0.1, 0.15) is 33.6 Å². The summed E-state index contributed by atoms with van der Waals surface area (Å²) in [4.78, 5) is 10.5. The van der Waals surface area contributed by atoms with Gasteiger partial charge in [-0.15, -0.1) is 0 Å². The van der Waals surface area contributed by atoms with Crippen LogP contribution in [0.25, 0.3) is 0 Å². The van der Waals surface area contributed by atoms with Gasteiger partial charge in [0.15, 0.2) is 0 Å². The van der Waals surface area contributed by atoms with Crippen molar-refractivity contribution in [1.29, 1.82) is 0 Å². The molecule has 17 heavy (non-hydrogen) atoms. The van der Waals surface area contributed by atoms with Gasteiger partial charge in [0.2, 0.25) is 5.95 Å². The maximum Gasteiger partial charge on any atom is 0.226 e. The first kappa shape index (κ1) is 13.7. The molecule has 1 N–H and O–H groups in total. The summed E-state index contributed by atoms with van der Waals surface area (Å²) in [5, 5.41) is 3.41. The van der Waals surface area contributed by atoms with Crippen LogP contribution in [-0.4, -0.2) is 30.1 Å². The summed E-state index contributed by atoms with van der Waals surface area (Å²) in [6, 6.07) is 2.36. The van der Waals surface area contributed by atoms with Crippen molar-refractivity contribution in [2.75, 3.05) is 24.3 Å². The van der Waals surface area contributed by atoms with Crippen molar-refractivity contribution in [2.24, 2.45) is 5.92 Å². The minimum Gasteiger partial charge on any atom is -0.367 e. The van der Waals surface area contributed by atoms with Gasteiger partial charge in [0.1, 0.15) is 5.82 Å². The maximum atomic E-state index is 4.44. The summed E-state index contributed by atoms with van der Waals surface area (Å²) >= 11 is 0. The van der Waals surface area contributed by atoms with Gasteiger partial charge in [-0.25, -0.2) is 4.98 Å². The van der Waals surface area contributed by atoms with Gasteiger partial charge >= 0.3 is 0 Å². The molecule has 0 aliphatic heterocycles. The largest absolute Gasteiger partial charge is 0.367 e. The molecule has 0 aliphatic rings. The van der Waals surface area contributed by atoms with Gasteiger partial charge in [-0.05, 0) is 31.7 Å². The zero-order valence-electron chi connectivity index (χ0n) is 11.6. The lowest BCUT2D eigenvalue weighted by atomic mass is 10.0. The van der Waals surface area contributed by atoms with Crippen LogP contribution in [0.3, 0.4) is 0 Å². The summed E-state index contributed by atoms with van der Waals surface area (Å²) in [6.45, 7) is 6.70. The zero-order chi connectivity index (χ0) is 12.8. The van der Waals surface area contributed by atoms with Crippen molar-refractivity contribution in [2.45, 2.75) is 39.7 Å². The molecule has 0 saturated carbocycles. The Balaban J connectivity index is 2.53. The van der Waals surface area contributed by atoms with E-state index in [1.807, 2.05) is 25.1 Å². The number of hydrogen-bond donors (Lipinski definition) is 1. The third-order valence-electron chi connectivity index (χ3n) is 2.61. The first-order valence-electron chi connectivity index (χ1n) is 6.26. The van der Waals surface area contributed by atoms with E-state index < -0.39 is 0 Å². The van der Waals surface area contributed by atoms with E-state index in [2.05, 4.69) is 36.1 Å². The number of anilines is 2. The Morgan fingerprint density at radius 2 is 1.94 bits per heavy atom. The summed E-state index contributed by atoms with van der Waals surface area (Å²) in [6.07, 6.45) is 4.19. The Hall–Kier alpha value is -1.32. The van der Waals surface area contributed by atoms with E-state index in [0.717, 1.165) is 17.7 Å². The fraction of sp³-hybridized carbons (Fsp3) is 0.692. The lowest BCUT2D eigenvalue weighted by molar-refractivity contribution is 0.527. The van der Waals surface area contributed by atoms with Gasteiger partial charge in [0.05, 0.1) is 0 Å². The highest BCUT2D eigenvalue weighted by atomic mass is 15.2. The van der Waals surface area contributed by atoms with Crippen LogP contribution < -0.4 is 10.2 Å². The monoisotopic (exact) mass is 236 g/mol. The Morgan fingerprint density at radius 1 is 1.24 bits per heavy atom. The Labute approximate surface area is 104 Å². The summed E-state index contributed by atoms with van der Waals surface area (Å²) in [7, 11) is 3.89. The molecule has 0 bridgehead atoms. The highest BCUT2D eigenvalue weighted by Crippen LogP contribution is 2.13. The second-order valence-electron chi connectivity index (χ2n) is 5.15. The van der Waals surface area contributed by atoms with E-state index >= 15 is 0 Å². The zero-order valence-corrected chi connectivity index (χ0v) is 11.6. The molecule has 0 aliphatic carbocycles. The lowest BCUT2D eigenvalue weighted by Crippen LogP contribution is -2.18. The number of nitrogens with zero attached hydrogens (tertiary/aromatic N) is 3. The van der Waals surface area contributed by atoms with Gasteiger partial charge in [0.25, 0.3) is 0 Å². The van der Waals surface area contributed by atoms with Crippen LogP contribution in [0.4, 0.5) is 11.8 Å². The molecule has 0 fully saturated rings. The first-order chi connectivity index (χ1) is 7.99. The van der Waals surface area contributed by atoms with Crippen LogP contribution in [0, 0.1) is 5.92 Å². The van der Waals surface area contributed by atoms with Gasteiger partial charge in [-0.2, -0.15) is 4.98 Å². The van der Waals surface area contributed by atoms with Crippen LogP contribution in [0.5, 0.6) is 0 Å². The number of rotatable bonds is 6. The molecule has 1 aromatic heterocycles. The second kappa shape index (κ2) is 6.42. The van der Waals surface area contributed by atoms with E-state index in [0.29, 0.717) is 6.04 Å². The molecule has 1 heterocycles. The SMILES string of the molecule is CC(C)CCC(C)Nc1ccnc(N(C)C)n1. The predicted molar refractivity (Wildman–Crippen MR) is 73.5 cm³/mol. The molecule has 0 radical (unpaired) electrons. The minimum absolute atomic E-state index is 0.447. The lowest BCUT2D eigenvalue weighted by Gasteiger charge is -2.17. The van der Waals surface area contributed by atoms with Crippen molar-refractivity contribution in [3.63, 3.8) is 0 Å². The smallest absolute Gasteiger partial charge is 0.226 e. The van der Waals surface area contributed by atoms with Crippen molar-refractivity contribution in [3.8, 4) is 0 Å². The molecule has 0 spiro atoms. The normalized spacial score (nSPS) is 12.6. The maximum absolute atomic E-state index is 4.44. The summed E-state index contributed by atoms with van der Waals surface area (Å²) < 4.78 is 0.